The second-order valence-corrected chi connectivity index (χ2v) is 11.7. The fourth-order valence-corrected chi connectivity index (χ4v) is 6.93. The van der Waals surface area contributed by atoms with Crippen LogP contribution in [0.15, 0.2) is 66.7 Å². The van der Waals surface area contributed by atoms with Gasteiger partial charge in [-0.1, -0.05) is 87.6 Å². The largest absolute Gasteiger partial charge is 0.478 e. The number of rotatable bonds is 13. The first kappa shape index (κ1) is 31.3. The molecule has 0 bridgehead atoms. The summed E-state index contributed by atoms with van der Waals surface area (Å²) in [6.45, 7) is 2.16. The van der Waals surface area contributed by atoms with Crippen LogP contribution in [0.3, 0.4) is 0 Å². The maximum Gasteiger partial charge on any atom is 0.340 e. The Morgan fingerprint density at radius 1 is 0.553 bits per heavy atom. The smallest absolute Gasteiger partial charge is 0.340 e. The highest BCUT2D eigenvalue weighted by molar-refractivity contribution is 6.41. The number of hydrogen-bond acceptors (Lipinski definition) is 5. The SMILES string of the molecule is CCCCCCCCc1ccc2cccc3c4c(C(=O)O)c(C(=O)O)c(C(=O)O)c5c(C(=O)O)c(Oc6ccccc6)cc(c1c23)c54. The van der Waals surface area contributed by atoms with E-state index in [0.29, 0.717) is 22.6 Å². The van der Waals surface area contributed by atoms with Crippen LogP contribution < -0.4 is 4.74 Å². The summed E-state index contributed by atoms with van der Waals surface area (Å²) in [7, 11) is 0. The molecule has 9 nitrogen and oxygen atoms in total. The van der Waals surface area contributed by atoms with Crippen LogP contribution in [0.2, 0.25) is 0 Å². The number of carbonyl (C=O) groups is 4. The number of aryl methyl sites for hydroxylation is 1. The number of benzene rings is 6. The molecule has 0 amide bonds. The van der Waals surface area contributed by atoms with E-state index < -0.39 is 51.5 Å². The quantitative estimate of drug-likeness (QED) is 0.0553. The van der Waals surface area contributed by atoms with E-state index in [4.69, 9.17) is 4.74 Å². The summed E-state index contributed by atoms with van der Waals surface area (Å²) in [5.74, 6) is -6.69. The number of carboxylic acid groups (broad SMARTS) is 4. The lowest BCUT2D eigenvalue weighted by molar-refractivity contribution is 0.0635. The first-order chi connectivity index (χ1) is 22.6. The topological polar surface area (TPSA) is 158 Å². The lowest BCUT2D eigenvalue weighted by Crippen LogP contribution is -2.18. The standard InChI is InChI=1S/C38H32O9/c1-2-3-4-5-6-8-12-20-17-18-21-13-11-16-23-26(21)27(20)24-19-25(47-22-14-9-7-10-15-22)30(35(39)40)31-29(24)28(23)32(36(41)42)34(38(45)46)33(31)37(43)44/h7,9-11,13-19H,2-6,8,12H2,1H3,(H,39,40)(H,41,42)(H,43,44)(H,45,46). The van der Waals surface area contributed by atoms with Gasteiger partial charge in [0.05, 0.1) is 16.7 Å². The minimum absolute atomic E-state index is 0.0338. The second kappa shape index (κ2) is 12.6. The first-order valence-corrected chi connectivity index (χ1v) is 15.6. The van der Waals surface area contributed by atoms with Gasteiger partial charge in [-0.3, -0.25) is 0 Å². The van der Waals surface area contributed by atoms with E-state index in [1.54, 1.807) is 42.5 Å². The predicted molar refractivity (Wildman–Crippen MR) is 179 cm³/mol. The third kappa shape index (κ3) is 5.33. The summed E-state index contributed by atoms with van der Waals surface area (Å²) in [5, 5.41) is 44.5. The van der Waals surface area contributed by atoms with Crippen molar-refractivity contribution in [3.05, 3.63) is 94.5 Å². The molecule has 0 aromatic heterocycles. The van der Waals surface area contributed by atoms with Gasteiger partial charge in [0.1, 0.15) is 17.1 Å². The van der Waals surface area contributed by atoms with Gasteiger partial charge in [-0.2, -0.15) is 0 Å². The Hall–Kier alpha value is -5.70. The Balaban J connectivity index is 1.85. The molecule has 0 heterocycles. The lowest BCUT2D eigenvalue weighted by atomic mass is 9.80. The Labute approximate surface area is 269 Å². The monoisotopic (exact) mass is 632 g/mol. The molecule has 0 aliphatic carbocycles. The maximum atomic E-state index is 13.0. The zero-order chi connectivity index (χ0) is 33.4. The van der Waals surface area contributed by atoms with Gasteiger partial charge >= 0.3 is 23.9 Å². The molecule has 0 aliphatic heterocycles. The van der Waals surface area contributed by atoms with Gasteiger partial charge in [-0.25, -0.2) is 19.2 Å². The van der Waals surface area contributed by atoms with Crippen molar-refractivity contribution in [2.45, 2.75) is 51.9 Å². The van der Waals surface area contributed by atoms with Gasteiger partial charge in [-0.15, -0.1) is 0 Å². The summed E-state index contributed by atoms with van der Waals surface area (Å²) >= 11 is 0. The molecule has 0 atom stereocenters. The van der Waals surface area contributed by atoms with Crippen molar-refractivity contribution in [2.75, 3.05) is 0 Å². The number of aromatic carboxylic acids is 4. The number of unbranched alkanes of at least 4 members (excludes halogenated alkanes) is 5. The Morgan fingerprint density at radius 2 is 1.19 bits per heavy atom. The highest BCUT2D eigenvalue weighted by atomic mass is 16.5. The number of carboxylic acids is 4. The fourth-order valence-electron chi connectivity index (χ4n) is 6.93. The summed E-state index contributed by atoms with van der Waals surface area (Å²) in [4.78, 5) is 51.7. The third-order valence-corrected chi connectivity index (χ3v) is 8.84. The maximum absolute atomic E-state index is 13.0. The van der Waals surface area contributed by atoms with Gasteiger partial charge in [0.2, 0.25) is 0 Å². The van der Waals surface area contributed by atoms with Gasteiger partial charge in [0, 0.05) is 16.2 Å². The molecule has 0 unspecified atom stereocenters. The Morgan fingerprint density at radius 3 is 1.85 bits per heavy atom. The van der Waals surface area contributed by atoms with Crippen molar-refractivity contribution in [3.8, 4) is 11.5 Å². The van der Waals surface area contributed by atoms with Crippen molar-refractivity contribution in [2.24, 2.45) is 0 Å². The van der Waals surface area contributed by atoms with Crippen LogP contribution in [-0.2, 0) is 6.42 Å². The highest BCUT2D eigenvalue weighted by Gasteiger charge is 2.35. The molecule has 0 aliphatic rings. The van der Waals surface area contributed by atoms with Gasteiger partial charge in [0.25, 0.3) is 0 Å². The Bertz CT molecular complexity index is 2220. The summed E-state index contributed by atoms with van der Waals surface area (Å²) < 4.78 is 6.12. The Kier molecular flexibility index (Phi) is 8.38. The summed E-state index contributed by atoms with van der Waals surface area (Å²) in [5.41, 5.74) is -2.28. The van der Waals surface area contributed by atoms with Gasteiger partial charge < -0.3 is 25.2 Å². The van der Waals surface area contributed by atoms with E-state index >= 15 is 0 Å². The van der Waals surface area contributed by atoms with E-state index in [9.17, 15) is 39.6 Å². The van der Waals surface area contributed by atoms with Crippen LogP contribution in [0.1, 0.15) is 92.4 Å². The van der Waals surface area contributed by atoms with Crippen molar-refractivity contribution >= 4 is 67.0 Å². The van der Waals surface area contributed by atoms with Gasteiger partial charge in [-0.05, 0) is 63.5 Å². The van der Waals surface area contributed by atoms with Crippen LogP contribution in [0.5, 0.6) is 11.5 Å². The van der Waals surface area contributed by atoms with E-state index in [-0.39, 0.29) is 22.3 Å². The van der Waals surface area contributed by atoms with E-state index in [1.807, 2.05) is 18.2 Å². The minimum atomic E-state index is -1.81. The molecule has 6 rings (SSSR count). The van der Waals surface area contributed by atoms with Crippen LogP contribution >= 0.6 is 0 Å². The molecule has 9 heteroatoms. The van der Waals surface area contributed by atoms with Crippen molar-refractivity contribution in [1.29, 1.82) is 0 Å². The molecule has 238 valence electrons. The minimum Gasteiger partial charge on any atom is -0.478 e. The molecule has 6 aromatic carbocycles. The number of hydrogen-bond donors (Lipinski definition) is 4. The average molecular weight is 633 g/mol. The van der Waals surface area contributed by atoms with E-state index in [0.717, 1.165) is 54.9 Å². The van der Waals surface area contributed by atoms with Crippen molar-refractivity contribution < 1.29 is 44.3 Å². The average Bonchev–Trinajstić information content (AvgIpc) is 3.04. The summed E-state index contributed by atoms with van der Waals surface area (Å²) in [6.07, 6.45) is 7.06. The summed E-state index contributed by atoms with van der Waals surface area (Å²) in [6, 6.07) is 19.1. The highest BCUT2D eigenvalue weighted by Crippen LogP contribution is 2.49. The molecule has 0 radical (unpaired) electrons. The van der Waals surface area contributed by atoms with Crippen molar-refractivity contribution in [3.63, 3.8) is 0 Å². The van der Waals surface area contributed by atoms with Crippen molar-refractivity contribution in [1.82, 2.24) is 0 Å². The van der Waals surface area contributed by atoms with E-state index in [2.05, 4.69) is 6.92 Å². The van der Waals surface area contributed by atoms with Crippen LogP contribution in [0, 0.1) is 0 Å². The third-order valence-electron chi connectivity index (χ3n) is 8.84. The van der Waals surface area contributed by atoms with Crippen LogP contribution in [-0.4, -0.2) is 44.3 Å². The fraction of sp³-hybridized carbons (Fsp3) is 0.211. The molecule has 47 heavy (non-hydrogen) atoms. The molecule has 0 fully saturated rings. The molecule has 6 aromatic rings. The molecular formula is C38H32O9. The number of para-hydroxylation sites is 1. The molecule has 0 saturated heterocycles. The number of ether oxygens (including phenoxy) is 1. The second-order valence-electron chi connectivity index (χ2n) is 11.7. The normalized spacial score (nSPS) is 11.5. The van der Waals surface area contributed by atoms with Crippen LogP contribution in [0.25, 0.3) is 43.1 Å². The van der Waals surface area contributed by atoms with E-state index in [1.165, 1.54) is 6.07 Å². The number of fused-ring (bicyclic) bond motifs is 2. The zero-order valence-corrected chi connectivity index (χ0v) is 25.6. The predicted octanol–water partition coefficient (Wildman–Crippen LogP) is 9.23. The first-order valence-electron chi connectivity index (χ1n) is 15.6. The lowest BCUT2D eigenvalue weighted by Gasteiger charge is -2.23. The molecular weight excluding hydrogens is 600 g/mol. The molecule has 0 saturated carbocycles. The van der Waals surface area contributed by atoms with Crippen LogP contribution in [0.4, 0.5) is 0 Å². The zero-order valence-electron chi connectivity index (χ0n) is 25.6. The molecule has 4 N–H and O–H groups in total. The molecule has 0 spiro atoms. The van der Waals surface area contributed by atoms with Gasteiger partial charge in [0.15, 0.2) is 0 Å².